The van der Waals surface area contributed by atoms with Gasteiger partial charge in [-0.3, -0.25) is 4.90 Å². The monoisotopic (exact) mass is 444 g/mol. The largest absolute Gasteiger partial charge is 0.491 e. The van der Waals surface area contributed by atoms with E-state index < -0.39 is 6.10 Å². The molecule has 1 unspecified atom stereocenters. The number of aliphatic hydroxyl groups excluding tert-OH is 1. The summed E-state index contributed by atoms with van der Waals surface area (Å²) in [6.07, 6.45) is 0.638. The number of rotatable bonds is 10. The molecule has 33 heavy (non-hydrogen) atoms. The minimum Gasteiger partial charge on any atom is -0.491 e. The molecule has 0 saturated carbocycles. The Bertz CT molecular complexity index is 916. The van der Waals surface area contributed by atoms with Crippen LogP contribution in [0.3, 0.4) is 0 Å². The Morgan fingerprint density at radius 2 is 1.39 bits per heavy atom. The smallest absolute Gasteiger partial charge is 0.119 e. The third-order valence-electron chi connectivity index (χ3n) is 6.50. The molecule has 1 atom stereocenters. The Morgan fingerprint density at radius 3 is 2.00 bits per heavy atom. The minimum atomic E-state index is -0.474. The topological polar surface area (TPSA) is 35.9 Å². The van der Waals surface area contributed by atoms with E-state index in [1.165, 1.54) is 16.7 Å². The van der Waals surface area contributed by atoms with Crippen molar-refractivity contribution < 1.29 is 9.84 Å². The first-order valence-corrected chi connectivity index (χ1v) is 12.1. The van der Waals surface area contributed by atoms with Crippen LogP contribution in [0.5, 0.6) is 5.75 Å². The maximum absolute atomic E-state index is 10.4. The standard InChI is InChI=1S/C29H36N2O2/c1-24-9-8-14-28(21-24)33-23-27(32)22-31-19-17-30(18-20-31)16-15-29(25-10-4-2-5-11-25)26-12-6-3-7-13-26/h2-14,21,27,29,32H,15-20,22-23H2,1H3. The third-order valence-corrected chi connectivity index (χ3v) is 6.50. The van der Waals surface area contributed by atoms with Crippen molar-refractivity contribution in [3.05, 3.63) is 102 Å². The van der Waals surface area contributed by atoms with Crippen molar-refractivity contribution >= 4 is 0 Å². The van der Waals surface area contributed by atoms with Crippen LogP contribution in [0.2, 0.25) is 0 Å². The summed E-state index contributed by atoms with van der Waals surface area (Å²) in [6, 6.07) is 29.7. The molecule has 0 spiro atoms. The number of nitrogens with zero attached hydrogens (tertiary/aromatic N) is 2. The highest BCUT2D eigenvalue weighted by Crippen LogP contribution is 2.28. The van der Waals surface area contributed by atoms with E-state index in [1.54, 1.807) is 0 Å². The van der Waals surface area contributed by atoms with Crippen molar-refractivity contribution in [1.82, 2.24) is 9.80 Å². The second-order valence-corrected chi connectivity index (χ2v) is 9.09. The second kappa shape index (κ2) is 12.0. The molecule has 0 radical (unpaired) electrons. The van der Waals surface area contributed by atoms with Crippen molar-refractivity contribution in [2.75, 3.05) is 45.9 Å². The van der Waals surface area contributed by atoms with Gasteiger partial charge in [0.05, 0.1) is 0 Å². The summed E-state index contributed by atoms with van der Waals surface area (Å²) in [5.74, 6) is 1.25. The van der Waals surface area contributed by atoms with Crippen LogP contribution in [-0.2, 0) is 0 Å². The second-order valence-electron chi connectivity index (χ2n) is 9.09. The summed E-state index contributed by atoms with van der Waals surface area (Å²) in [4.78, 5) is 4.91. The van der Waals surface area contributed by atoms with E-state index >= 15 is 0 Å². The zero-order valence-corrected chi connectivity index (χ0v) is 19.6. The SMILES string of the molecule is Cc1cccc(OCC(O)CN2CCN(CCC(c3ccccc3)c3ccccc3)CC2)c1. The maximum atomic E-state index is 10.4. The average Bonchev–Trinajstić information content (AvgIpc) is 2.85. The highest BCUT2D eigenvalue weighted by Gasteiger charge is 2.21. The van der Waals surface area contributed by atoms with Crippen molar-refractivity contribution in [3.63, 3.8) is 0 Å². The van der Waals surface area contributed by atoms with Gasteiger partial charge in [-0.1, -0.05) is 72.8 Å². The Balaban J connectivity index is 1.22. The quantitative estimate of drug-likeness (QED) is 0.497. The molecular weight excluding hydrogens is 408 g/mol. The first-order chi connectivity index (χ1) is 16.2. The van der Waals surface area contributed by atoms with E-state index in [2.05, 4.69) is 70.5 Å². The number of hydrogen-bond donors (Lipinski definition) is 1. The molecule has 1 fully saturated rings. The lowest BCUT2D eigenvalue weighted by atomic mass is 9.88. The molecule has 0 amide bonds. The van der Waals surface area contributed by atoms with Gasteiger partial charge in [0.1, 0.15) is 18.5 Å². The van der Waals surface area contributed by atoms with Gasteiger partial charge in [0, 0.05) is 38.6 Å². The van der Waals surface area contributed by atoms with Gasteiger partial charge in [0.2, 0.25) is 0 Å². The van der Waals surface area contributed by atoms with Gasteiger partial charge in [-0.05, 0) is 48.7 Å². The van der Waals surface area contributed by atoms with Gasteiger partial charge in [-0.25, -0.2) is 0 Å². The predicted octanol–water partition coefficient (Wildman–Crippen LogP) is 4.57. The van der Waals surface area contributed by atoms with E-state index in [0.717, 1.165) is 44.9 Å². The fourth-order valence-electron chi connectivity index (χ4n) is 4.65. The lowest BCUT2D eigenvalue weighted by Crippen LogP contribution is -2.49. The molecule has 4 rings (SSSR count). The summed E-state index contributed by atoms with van der Waals surface area (Å²) in [5.41, 5.74) is 3.94. The molecular formula is C29H36N2O2. The predicted molar refractivity (Wildman–Crippen MR) is 135 cm³/mol. The fourth-order valence-corrected chi connectivity index (χ4v) is 4.65. The minimum absolute atomic E-state index is 0.333. The summed E-state index contributed by atoms with van der Waals surface area (Å²) >= 11 is 0. The van der Waals surface area contributed by atoms with Crippen LogP contribution in [0.15, 0.2) is 84.9 Å². The van der Waals surface area contributed by atoms with Crippen molar-refractivity contribution in [2.24, 2.45) is 0 Å². The molecule has 4 nitrogen and oxygen atoms in total. The first-order valence-electron chi connectivity index (χ1n) is 12.1. The zero-order valence-electron chi connectivity index (χ0n) is 19.6. The summed E-state index contributed by atoms with van der Waals surface area (Å²) in [6.45, 7) is 8.19. The van der Waals surface area contributed by atoms with E-state index in [4.69, 9.17) is 4.74 Å². The van der Waals surface area contributed by atoms with E-state index in [-0.39, 0.29) is 0 Å². The number of hydrogen-bond acceptors (Lipinski definition) is 4. The number of β-amino-alcohol motifs (C(OH)–C–C–N with tert-alkyl or cyclic N) is 1. The molecule has 1 heterocycles. The molecule has 4 heteroatoms. The van der Waals surface area contributed by atoms with Gasteiger partial charge in [0.25, 0.3) is 0 Å². The first kappa shape index (κ1) is 23.5. The molecule has 1 saturated heterocycles. The fraction of sp³-hybridized carbons (Fsp3) is 0.379. The van der Waals surface area contributed by atoms with Gasteiger partial charge < -0.3 is 14.7 Å². The summed E-state index contributed by atoms with van der Waals surface area (Å²) in [7, 11) is 0. The van der Waals surface area contributed by atoms with E-state index in [0.29, 0.717) is 19.1 Å². The molecule has 3 aromatic carbocycles. The highest BCUT2D eigenvalue weighted by molar-refractivity contribution is 5.32. The molecule has 0 aromatic heterocycles. The van der Waals surface area contributed by atoms with Gasteiger partial charge in [0.15, 0.2) is 0 Å². The zero-order chi connectivity index (χ0) is 22.9. The Morgan fingerprint density at radius 1 is 0.788 bits per heavy atom. The number of ether oxygens (including phenoxy) is 1. The van der Waals surface area contributed by atoms with Crippen molar-refractivity contribution in [1.29, 1.82) is 0 Å². The van der Waals surface area contributed by atoms with Crippen molar-refractivity contribution in [3.8, 4) is 5.75 Å². The Labute approximate surface area is 198 Å². The van der Waals surface area contributed by atoms with Crippen molar-refractivity contribution in [2.45, 2.75) is 25.4 Å². The van der Waals surface area contributed by atoms with Crippen LogP contribution < -0.4 is 4.74 Å². The lowest BCUT2D eigenvalue weighted by Gasteiger charge is -2.36. The third kappa shape index (κ3) is 7.16. The molecule has 174 valence electrons. The maximum Gasteiger partial charge on any atom is 0.119 e. The van der Waals surface area contributed by atoms with Gasteiger partial charge >= 0.3 is 0 Å². The molecule has 0 bridgehead atoms. The summed E-state index contributed by atoms with van der Waals surface area (Å²) < 4.78 is 5.77. The Hall–Kier alpha value is -2.66. The van der Waals surface area contributed by atoms with E-state index in [9.17, 15) is 5.11 Å². The van der Waals surface area contributed by atoms with Crippen LogP contribution in [0.25, 0.3) is 0 Å². The normalized spacial score (nSPS) is 16.1. The number of aliphatic hydroxyl groups is 1. The Kier molecular flexibility index (Phi) is 8.53. The molecule has 1 aliphatic heterocycles. The molecule has 3 aromatic rings. The van der Waals surface area contributed by atoms with E-state index in [1.807, 2.05) is 31.2 Å². The van der Waals surface area contributed by atoms with Crippen LogP contribution in [0, 0.1) is 6.92 Å². The van der Waals surface area contributed by atoms with Crippen LogP contribution in [0.4, 0.5) is 0 Å². The van der Waals surface area contributed by atoms with Gasteiger partial charge in [-0.2, -0.15) is 0 Å². The average molecular weight is 445 g/mol. The summed E-state index contributed by atoms with van der Waals surface area (Å²) in [5, 5.41) is 10.4. The molecule has 1 N–H and O–H groups in total. The molecule has 0 aliphatic carbocycles. The lowest BCUT2D eigenvalue weighted by molar-refractivity contribution is 0.0457. The number of benzene rings is 3. The molecule has 1 aliphatic rings. The van der Waals surface area contributed by atoms with Crippen LogP contribution >= 0.6 is 0 Å². The number of piperazine rings is 1. The highest BCUT2D eigenvalue weighted by atomic mass is 16.5. The van der Waals surface area contributed by atoms with Crippen LogP contribution in [-0.4, -0.2) is 66.9 Å². The van der Waals surface area contributed by atoms with Crippen LogP contribution in [0.1, 0.15) is 29.0 Å². The van der Waals surface area contributed by atoms with Gasteiger partial charge in [-0.15, -0.1) is 0 Å². The number of aryl methyl sites for hydroxylation is 1.